The fraction of sp³-hybridized carbons (Fsp3) is 0.500. The molecule has 1 amide bonds. The van der Waals surface area contributed by atoms with Crippen LogP contribution in [-0.4, -0.2) is 42.7 Å². The zero-order chi connectivity index (χ0) is 21.3. The molecule has 2 aromatic rings. The molecule has 3 N–H and O–H groups in total. The van der Waals surface area contributed by atoms with Crippen molar-refractivity contribution in [2.75, 3.05) is 19.7 Å². The second kappa shape index (κ2) is 11.1. The summed E-state index contributed by atoms with van der Waals surface area (Å²) in [4.78, 5) is 22.8. The van der Waals surface area contributed by atoms with Crippen LogP contribution >= 0.6 is 11.3 Å². The van der Waals surface area contributed by atoms with Crippen molar-refractivity contribution in [1.82, 2.24) is 20.9 Å². The third-order valence-electron chi connectivity index (χ3n) is 4.88. The number of nitrogens with one attached hydrogen (secondary N) is 3. The summed E-state index contributed by atoms with van der Waals surface area (Å²) >= 11 is 1.70. The van der Waals surface area contributed by atoms with E-state index < -0.39 is 0 Å². The maximum atomic E-state index is 12.5. The lowest BCUT2D eigenvalue weighted by molar-refractivity contribution is 0.0857. The summed E-state index contributed by atoms with van der Waals surface area (Å²) in [6.07, 6.45) is 2.22. The summed E-state index contributed by atoms with van der Waals surface area (Å²) in [6, 6.07) is 7.61. The fourth-order valence-electron chi connectivity index (χ4n) is 3.34. The number of hydrogen-bond acceptors (Lipinski definition) is 5. The summed E-state index contributed by atoms with van der Waals surface area (Å²) in [6.45, 7) is 9.39. The van der Waals surface area contributed by atoms with Crippen LogP contribution in [0.5, 0.6) is 0 Å². The van der Waals surface area contributed by atoms with Gasteiger partial charge in [0.05, 0.1) is 29.9 Å². The van der Waals surface area contributed by atoms with E-state index in [1.807, 2.05) is 45.0 Å². The number of aliphatic imine (C=N–C) groups is 1. The van der Waals surface area contributed by atoms with Gasteiger partial charge in [-0.25, -0.2) is 9.98 Å². The molecule has 0 aliphatic carbocycles. The Morgan fingerprint density at radius 2 is 2.17 bits per heavy atom. The maximum absolute atomic E-state index is 12.5. The summed E-state index contributed by atoms with van der Waals surface area (Å²) in [5.41, 5.74) is 2.69. The van der Waals surface area contributed by atoms with E-state index >= 15 is 0 Å². The molecule has 3 rings (SSSR count). The summed E-state index contributed by atoms with van der Waals surface area (Å²) < 4.78 is 5.56. The molecule has 1 aliphatic rings. The SMILES string of the molecule is CCNC(=NCc1cccc(C(=O)NCC2CCCO2)c1)NCc1sc(C)nc1C. The molecule has 1 atom stereocenters. The zero-order valence-electron chi connectivity index (χ0n) is 18.0. The van der Waals surface area contributed by atoms with Crippen LogP contribution in [0.2, 0.25) is 0 Å². The Hall–Kier alpha value is -2.45. The predicted molar refractivity (Wildman–Crippen MR) is 121 cm³/mol. The third kappa shape index (κ3) is 6.53. The first-order valence-corrected chi connectivity index (χ1v) is 11.3. The van der Waals surface area contributed by atoms with E-state index in [1.54, 1.807) is 11.3 Å². The zero-order valence-corrected chi connectivity index (χ0v) is 18.8. The minimum Gasteiger partial charge on any atom is -0.376 e. The molecular formula is C22H31N5O2S. The minimum absolute atomic E-state index is 0.0719. The number of ether oxygens (including phenoxy) is 1. The van der Waals surface area contributed by atoms with Crippen molar-refractivity contribution in [2.45, 2.75) is 52.8 Å². The van der Waals surface area contributed by atoms with Crippen molar-refractivity contribution in [2.24, 2.45) is 4.99 Å². The molecule has 1 saturated heterocycles. The Balaban J connectivity index is 1.57. The highest BCUT2D eigenvalue weighted by molar-refractivity contribution is 7.11. The van der Waals surface area contributed by atoms with E-state index in [4.69, 9.17) is 4.74 Å². The molecule has 1 aromatic carbocycles. The highest BCUT2D eigenvalue weighted by Crippen LogP contribution is 2.16. The molecule has 0 bridgehead atoms. The van der Waals surface area contributed by atoms with Crippen molar-refractivity contribution < 1.29 is 9.53 Å². The molecule has 0 spiro atoms. The Morgan fingerprint density at radius 1 is 1.30 bits per heavy atom. The molecule has 162 valence electrons. The smallest absolute Gasteiger partial charge is 0.251 e. The van der Waals surface area contributed by atoms with E-state index in [0.717, 1.165) is 48.2 Å². The van der Waals surface area contributed by atoms with E-state index in [2.05, 4.69) is 25.9 Å². The lowest BCUT2D eigenvalue weighted by Gasteiger charge is -2.12. The summed E-state index contributed by atoms with van der Waals surface area (Å²) in [5, 5.41) is 10.7. The van der Waals surface area contributed by atoms with Gasteiger partial charge in [0, 0.05) is 30.1 Å². The number of guanidine groups is 1. The number of carbonyl (C=O) groups excluding carboxylic acids is 1. The van der Waals surface area contributed by atoms with Gasteiger partial charge < -0.3 is 20.7 Å². The van der Waals surface area contributed by atoms with Crippen LogP contribution in [0.25, 0.3) is 0 Å². The van der Waals surface area contributed by atoms with Crippen molar-refractivity contribution >= 4 is 23.2 Å². The van der Waals surface area contributed by atoms with E-state index in [9.17, 15) is 4.79 Å². The van der Waals surface area contributed by atoms with Gasteiger partial charge in [-0.15, -0.1) is 11.3 Å². The lowest BCUT2D eigenvalue weighted by Crippen LogP contribution is -2.36. The van der Waals surface area contributed by atoms with Gasteiger partial charge in [0.2, 0.25) is 0 Å². The first-order chi connectivity index (χ1) is 14.5. The number of aryl methyl sites for hydroxylation is 2. The minimum atomic E-state index is -0.0719. The van der Waals surface area contributed by atoms with Gasteiger partial charge in [0.1, 0.15) is 0 Å². The molecule has 2 heterocycles. The van der Waals surface area contributed by atoms with Gasteiger partial charge >= 0.3 is 0 Å². The number of carbonyl (C=O) groups is 1. The molecule has 1 aromatic heterocycles. The van der Waals surface area contributed by atoms with Gasteiger partial charge in [0.15, 0.2) is 5.96 Å². The van der Waals surface area contributed by atoms with Gasteiger partial charge in [-0.05, 0) is 51.3 Å². The lowest BCUT2D eigenvalue weighted by atomic mass is 10.1. The Kier molecular flexibility index (Phi) is 8.21. The first kappa shape index (κ1) is 22.2. The van der Waals surface area contributed by atoms with Crippen LogP contribution in [0.15, 0.2) is 29.3 Å². The van der Waals surface area contributed by atoms with E-state index in [-0.39, 0.29) is 12.0 Å². The first-order valence-electron chi connectivity index (χ1n) is 10.5. The normalized spacial score (nSPS) is 16.5. The van der Waals surface area contributed by atoms with E-state index in [1.165, 1.54) is 4.88 Å². The predicted octanol–water partition coefficient (Wildman–Crippen LogP) is 2.92. The largest absolute Gasteiger partial charge is 0.376 e. The quantitative estimate of drug-likeness (QED) is 0.444. The van der Waals surface area contributed by atoms with Crippen molar-refractivity contribution in [3.63, 3.8) is 0 Å². The second-order valence-electron chi connectivity index (χ2n) is 7.34. The monoisotopic (exact) mass is 429 g/mol. The van der Waals surface area contributed by atoms with Crippen LogP contribution < -0.4 is 16.0 Å². The van der Waals surface area contributed by atoms with Crippen LogP contribution in [-0.2, 0) is 17.8 Å². The van der Waals surface area contributed by atoms with Gasteiger partial charge in [-0.3, -0.25) is 4.79 Å². The van der Waals surface area contributed by atoms with Crippen molar-refractivity contribution in [1.29, 1.82) is 0 Å². The molecular weight excluding hydrogens is 398 g/mol. The van der Waals surface area contributed by atoms with Crippen molar-refractivity contribution in [3.05, 3.63) is 51.0 Å². The summed E-state index contributed by atoms with van der Waals surface area (Å²) in [5.74, 6) is 0.675. The number of rotatable bonds is 8. The average molecular weight is 430 g/mol. The van der Waals surface area contributed by atoms with Gasteiger partial charge in [-0.2, -0.15) is 0 Å². The molecule has 1 fully saturated rings. The summed E-state index contributed by atoms with van der Waals surface area (Å²) in [7, 11) is 0. The highest BCUT2D eigenvalue weighted by atomic mass is 32.1. The second-order valence-corrected chi connectivity index (χ2v) is 8.62. The maximum Gasteiger partial charge on any atom is 0.251 e. The number of hydrogen-bond donors (Lipinski definition) is 3. The number of benzene rings is 1. The number of aromatic nitrogens is 1. The highest BCUT2D eigenvalue weighted by Gasteiger charge is 2.16. The molecule has 1 unspecified atom stereocenters. The van der Waals surface area contributed by atoms with Gasteiger partial charge in [0.25, 0.3) is 5.91 Å². The van der Waals surface area contributed by atoms with Crippen LogP contribution in [0.1, 0.15) is 51.3 Å². The molecule has 0 saturated carbocycles. The third-order valence-corrected chi connectivity index (χ3v) is 5.96. The van der Waals surface area contributed by atoms with Crippen LogP contribution in [0, 0.1) is 13.8 Å². The van der Waals surface area contributed by atoms with Crippen molar-refractivity contribution in [3.8, 4) is 0 Å². The molecule has 1 aliphatic heterocycles. The molecule has 7 nitrogen and oxygen atoms in total. The standard InChI is InChI=1S/C22H31N5O2S/c1-4-23-22(26-14-20-15(2)27-16(3)30-20)25-12-17-7-5-8-18(11-17)21(28)24-13-19-9-6-10-29-19/h5,7-8,11,19H,4,6,9-10,12-14H2,1-3H3,(H,24,28)(H2,23,25,26). The molecule has 30 heavy (non-hydrogen) atoms. The van der Waals surface area contributed by atoms with Crippen LogP contribution in [0.4, 0.5) is 0 Å². The number of nitrogens with zero attached hydrogens (tertiary/aromatic N) is 2. The Bertz CT molecular complexity index is 874. The number of thiazole rings is 1. The topological polar surface area (TPSA) is 87.6 Å². The molecule has 0 radical (unpaired) electrons. The van der Waals surface area contributed by atoms with Crippen LogP contribution in [0.3, 0.4) is 0 Å². The van der Waals surface area contributed by atoms with E-state index in [0.29, 0.717) is 25.2 Å². The number of amides is 1. The fourth-order valence-corrected chi connectivity index (χ4v) is 4.22. The van der Waals surface area contributed by atoms with Gasteiger partial charge in [-0.1, -0.05) is 12.1 Å². The Labute approximate surface area is 182 Å². The average Bonchev–Trinajstić information content (AvgIpc) is 3.37. The molecule has 8 heteroatoms. The Morgan fingerprint density at radius 3 is 2.87 bits per heavy atom.